The molecule has 8 rings (SSSR count). The minimum absolute atomic E-state index is 0.188. The lowest BCUT2D eigenvalue weighted by molar-refractivity contribution is -0.289. The van der Waals surface area contributed by atoms with Crippen molar-refractivity contribution in [2.45, 2.75) is 24.0 Å². The Labute approximate surface area is 243 Å². The zero-order chi connectivity index (χ0) is 28.9. The van der Waals surface area contributed by atoms with Crippen LogP contribution in [0, 0.1) is 0 Å². The molecule has 1 aliphatic heterocycles. The fraction of sp³-hybridized carbons (Fsp3) is 0.222. The molecule has 0 radical (unpaired) electrons. The molecule has 0 saturated heterocycles. The van der Waals surface area contributed by atoms with Crippen LogP contribution >= 0.6 is 0 Å². The van der Waals surface area contributed by atoms with E-state index in [1.54, 1.807) is 6.07 Å². The van der Waals surface area contributed by atoms with Crippen LogP contribution in [0.3, 0.4) is 0 Å². The molecule has 0 spiro atoms. The van der Waals surface area contributed by atoms with E-state index >= 15 is 0 Å². The molecule has 0 aromatic heterocycles. The molecule has 1 fully saturated rings. The quantitative estimate of drug-likeness (QED) is 0.180. The zero-order valence-electron chi connectivity index (χ0n) is 24.0. The standard InChI is InChI=1S/C36H32N2O4/c1-37(2)33-21-13-7-5-11-19(21)29(27-23(33)15-9-17-25(27)39)31-35(40)32-30-20-12-6-8-14-22(20)34(38(3)4)24-16-10-18-26(28(24)30)41-42-36(31)32/h5-18,31-32,35-36,39-40H,1-4H3. The summed E-state index contributed by atoms with van der Waals surface area (Å²) in [7, 11) is 8.15. The first-order valence-corrected chi connectivity index (χ1v) is 14.4. The van der Waals surface area contributed by atoms with Gasteiger partial charge in [-0.15, -0.1) is 0 Å². The van der Waals surface area contributed by atoms with E-state index in [0.29, 0.717) is 5.75 Å². The van der Waals surface area contributed by atoms with Gasteiger partial charge in [-0.2, -0.15) is 4.89 Å². The number of phenolic OH excluding ortho intramolecular Hbond substituents is 1. The lowest BCUT2D eigenvalue weighted by Crippen LogP contribution is -2.53. The van der Waals surface area contributed by atoms with Gasteiger partial charge < -0.3 is 24.9 Å². The highest BCUT2D eigenvalue weighted by Crippen LogP contribution is 2.59. The summed E-state index contributed by atoms with van der Waals surface area (Å²) in [6.45, 7) is 0. The van der Waals surface area contributed by atoms with Gasteiger partial charge in [-0.05, 0) is 34.0 Å². The van der Waals surface area contributed by atoms with Crippen molar-refractivity contribution >= 4 is 54.5 Å². The van der Waals surface area contributed by atoms with Gasteiger partial charge in [0.15, 0.2) is 5.75 Å². The van der Waals surface area contributed by atoms with E-state index in [1.807, 2.05) is 50.5 Å². The lowest BCUT2D eigenvalue weighted by atomic mass is 9.60. The van der Waals surface area contributed by atoms with E-state index in [-0.39, 0.29) is 11.7 Å². The Hall–Kier alpha value is -4.52. The number of aliphatic hydroxyl groups is 1. The molecule has 0 amide bonds. The van der Waals surface area contributed by atoms with Crippen molar-refractivity contribution in [1.29, 1.82) is 0 Å². The van der Waals surface area contributed by atoms with E-state index in [1.165, 1.54) is 0 Å². The number of hydrogen-bond donors (Lipinski definition) is 2. The first kappa shape index (κ1) is 25.2. The summed E-state index contributed by atoms with van der Waals surface area (Å²) < 4.78 is 0. The molecule has 0 bridgehead atoms. The van der Waals surface area contributed by atoms with Gasteiger partial charge in [0.2, 0.25) is 0 Å². The molecular formula is C36H32N2O4. The van der Waals surface area contributed by atoms with Crippen molar-refractivity contribution in [3.05, 3.63) is 96.1 Å². The smallest absolute Gasteiger partial charge is 0.173 e. The van der Waals surface area contributed by atoms with Crippen molar-refractivity contribution in [1.82, 2.24) is 0 Å². The highest BCUT2D eigenvalue weighted by Gasteiger charge is 2.56. The highest BCUT2D eigenvalue weighted by atomic mass is 17.2. The summed E-state index contributed by atoms with van der Waals surface area (Å²) in [5.41, 5.74) is 4.08. The van der Waals surface area contributed by atoms with E-state index in [2.05, 4.69) is 66.4 Å². The second-order valence-electron chi connectivity index (χ2n) is 12.0. The summed E-state index contributed by atoms with van der Waals surface area (Å²) in [5.74, 6) is 0.0873. The molecule has 6 aromatic rings. The molecule has 6 heteroatoms. The third-order valence-corrected chi connectivity index (χ3v) is 9.32. The van der Waals surface area contributed by atoms with Crippen LogP contribution in [0.25, 0.3) is 43.1 Å². The van der Waals surface area contributed by atoms with Gasteiger partial charge in [0, 0.05) is 72.3 Å². The number of benzene rings is 6. The zero-order valence-corrected chi connectivity index (χ0v) is 24.0. The number of rotatable bonds is 3. The molecule has 4 unspecified atom stereocenters. The Morgan fingerprint density at radius 3 is 1.62 bits per heavy atom. The third kappa shape index (κ3) is 3.22. The number of phenols is 1. The number of anilines is 2. The monoisotopic (exact) mass is 556 g/mol. The summed E-state index contributed by atoms with van der Waals surface area (Å²) in [6, 6.07) is 28.3. The van der Waals surface area contributed by atoms with Crippen molar-refractivity contribution in [2.75, 3.05) is 38.0 Å². The van der Waals surface area contributed by atoms with Crippen LogP contribution in [0.2, 0.25) is 0 Å². The van der Waals surface area contributed by atoms with Crippen LogP contribution < -0.4 is 14.7 Å². The summed E-state index contributed by atoms with van der Waals surface area (Å²) in [6.07, 6.45) is -1.24. The SMILES string of the molecule is CN(C)c1c2ccccc2c(C2C(O)C3c4c5ccccc5c(N(C)C)c5cccc(c45)OOC23)c2c(O)cccc12. The van der Waals surface area contributed by atoms with Crippen LogP contribution in [0.15, 0.2) is 84.9 Å². The van der Waals surface area contributed by atoms with E-state index in [4.69, 9.17) is 9.78 Å². The van der Waals surface area contributed by atoms with Gasteiger partial charge in [0.05, 0.1) is 17.5 Å². The van der Waals surface area contributed by atoms with Crippen molar-refractivity contribution in [2.24, 2.45) is 0 Å². The summed E-state index contributed by atoms with van der Waals surface area (Å²) in [5, 5.41) is 31.6. The van der Waals surface area contributed by atoms with E-state index < -0.39 is 18.1 Å². The maximum atomic E-state index is 12.2. The van der Waals surface area contributed by atoms with Crippen molar-refractivity contribution in [3.8, 4) is 11.5 Å². The van der Waals surface area contributed by atoms with Gasteiger partial charge in [-0.25, -0.2) is 0 Å². The Bertz CT molecular complexity index is 2070. The van der Waals surface area contributed by atoms with Crippen molar-refractivity contribution < 1.29 is 20.0 Å². The Kier molecular flexibility index (Phi) is 5.39. The minimum Gasteiger partial charge on any atom is -0.507 e. The first-order chi connectivity index (χ1) is 20.4. The normalized spacial score (nSPS) is 21.2. The Morgan fingerprint density at radius 2 is 1.05 bits per heavy atom. The van der Waals surface area contributed by atoms with Gasteiger partial charge in [-0.1, -0.05) is 72.8 Å². The fourth-order valence-corrected chi connectivity index (χ4v) is 7.75. The van der Waals surface area contributed by atoms with Crippen LogP contribution in [-0.4, -0.2) is 50.6 Å². The predicted molar refractivity (Wildman–Crippen MR) is 170 cm³/mol. The van der Waals surface area contributed by atoms with Gasteiger partial charge in [0.1, 0.15) is 11.9 Å². The van der Waals surface area contributed by atoms with Gasteiger partial charge in [-0.3, -0.25) is 0 Å². The molecule has 1 saturated carbocycles. The average Bonchev–Trinajstić information content (AvgIpc) is 3.13. The largest absolute Gasteiger partial charge is 0.507 e. The molecule has 210 valence electrons. The van der Waals surface area contributed by atoms with Gasteiger partial charge in [0.25, 0.3) is 0 Å². The van der Waals surface area contributed by atoms with E-state index in [9.17, 15) is 10.2 Å². The third-order valence-electron chi connectivity index (χ3n) is 9.32. The van der Waals surface area contributed by atoms with Gasteiger partial charge >= 0.3 is 0 Å². The summed E-state index contributed by atoms with van der Waals surface area (Å²) in [4.78, 5) is 16.7. The van der Waals surface area contributed by atoms with Crippen LogP contribution in [-0.2, 0) is 4.89 Å². The summed E-state index contributed by atoms with van der Waals surface area (Å²) >= 11 is 0. The molecular weight excluding hydrogens is 524 g/mol. The van der Waals surface area contributed by atoms with Crippen LogP contribution in [0.5, 0.6) is 11.5 Å². The molecule has 6 aromatic carbocycles. The van der Waals surface area contributed by atoms with Crippen molar-refractivity contribution in [3.63, 3.8) is 0 Å². The molecule has 2 aliphatic rings. The second kappa shape index (κ2) is 8.99. The molecule has 2 N–H and O–H groups in total. The molecule has 1 aliphatic carbocycles. The number of nitrogens with zero attached hydrogens (tertiary/aromatic N) is 2. The Morgan fingerprint density at radius 1 is 0.571 bits per heavy atom. The second-order valence-corrected chi connectivity index (χ2v) is 12.0. The number of fused-ring (bicyclic) bond motifs is 6. The molecule has 1 heterocycles. The number of hydrogen-bond acceptors (Lipinski definition) is 6. The predicted octanol–water partition coefficient (Wildman–Crippen LogP) is 7.07. The average molecular weight is 557 g/mol. The fourth-order valence-electron chi connectivity index (χ4n) is 7.75. The number of aromatic hydroxyl groups is 1. The lowest BCUT2D eigenvalue weighted by Gasteiger charge is -2.48. The topological polar surface area (TPSA) is 65.4 Å². The first-order valence-electron chi connectivity index (χ1n) is 14.4. The highest BCUT2D eigenvalue weighted by molar-refractivity contribution is 6.17. The minimum atomic E-state index is -0.766. The molecule has 42 heavy (non-hydrogen) atoms. The maximum Gasteiger partial charge on any atom is 0.173 e. The number of aliphatic hydroxyl groups excluding tert-OH is 1. The molecule has 6 nitrogen and oxygen atoms in total. The van der Waals surface area contributed by atoms with E-state index in [0.717, 1.165) is 65.6 Å². The van der Waals surface area contributed by atoms with Crippen LogP contribution in [0.4, 0.5) is 11.4 Å². The molecule has 4 atom stereocenters. The Balaban J connectivity index is 1.42. The van der Waals surface area contributed by atoms with Crippen LogP contribution in [0.1, 0.15) is 23.0 Å². The maximum absolute atomic E-state index is 12.2.